The summed E-state index contributed by atoms with van der Waals surface area (Å²) < 4.78 is 5.40. The lowest BCUT2D eigenvalue weighted by molar-refractivity contribution is -0.157. The molecule has 0 spiro atoms. The lowest BCUT2D eigenvalue weighted by atomic mass is 9.76. The van der Waals surface area contributed by atoms with Crippen LogP contribution in [0.2, 0.25) is 0 Å². The molecule has 154 valence electrons. The topological polar surface area (TPSA) is 59.4 Å². The molecule has 2 aromatic rings. The molecule has 0 amide bonds. The van der Waals surface area contributed by atoms with Crippen molar-refractivity contribution in [1.82, 2.24) is 4.98 Å². The Bertz CT molecular complexity index is 844. The molecular weight excluding hydrogens is 362 g/mol. The maximum absolute atomic E-state index is 12.4. The van der Waals surface area contributed by atoms with Crippen LogP contribution in [0.25, 0.3) is 17.2 Å². The number of aliphatic hydroxyl groups is 1. The van der Waals surface area contributed by atoms with Crippen LogP contribution in [-0.4, -0.2) is 27.8 Å². The van der Waals surface area contributed by atoms with Gasteiger partial charge in [0.1, 0.15) is 6.10 Å². The summed E-state index contributed by atoms with van der Waals surface area (Å²) >= 11 is 0. The number of carbonyl (C=O) groups excluding carboxylic acids is 1. The minimum absolute atomic E-state index is 0.233. The van der Waals surface area contributed by atoms with Gasteiger partial charge in [-0.2, -0.15) is 0 Å². The number of allylic oxidation sites excluding steroid dienone is 1. The summed E-state index contributed by atoms with van der Waals surface area (Å²) in [6.07, 6.45) is 6.48. The number of hydrogen-bond donors (Lipinski definition) is 1. The molecule has 4 atom stereocenters. The smallest absolute Gasteiger partial charge is 0.338 e. The molecule has 1 aliphatic heterocycles. The third-order valence-electron chi connectivity index (χ3n) is 6.17. The molecule has 1 aliphatic rings. The van der Waals surface area contributed by atoms with E-state index in [2.05, 4.69) is 37.9 Å². The monoisotopic (exact) mass is 393 g/mol. The number of aromatic nitrogens is 1. The molecule has 3 rings (SSSR count). The highest BCUT2D eigenvalue weighted by atomic mass is 16.6. The largest absolute Gasteiger partial charge is 0.460 e. The van der Waals surface area contributed by atoms with Gasteiger partial charge in [0.2, 0.25) is 0 Å². The molecule has 0 aliphatic carbocycles. The first-order valence-electron chi connectivity index (χ1n) is 10.4. The van der Waals surface area contributed by atoms with E-state index in [9.17, 15) is 9.90 Å². The summed E-state index contributed by atoms with van der Waals surface area (Å²) in [5, 5.41) is 11.1. The van der Waals surface area contributed by atoms with E-state index in [-0.39, 0.29) is 17.9 Å². The third kappa shape index (κ3) is 4.76. The molecule has 1 aromatic heterocycles. The normalized spacial score (nSPS) is 25.5. The Morgan fingerprint density at radius 2 is 1.86 bits per heavy atom. The predicted molar refractivity (Wildman–Crippen MR) is 116 cm³/mol. The van der Waals surface area contributed by atoms with Crippen molar-refractivity contribution >= 4 is 12.0 Å². The Kier molecular flexibility index (Phi) is 6.53. The van der Waals surface area contributed by atoms with Crippen molar-refractivity contribution in [3.05, 3.63) is 60.4 Å². The van der Waals surface area contributed by atoms with Crippen LogP contribution >= 0.6 is 0 Å². The van der Waals surface area contributed by atoms with Gasteiger partial charge in [0.25, 0.3) is 0 Å². The fraction of sp³-hybridized carbons (Fsp3) is 0.440. The second kappa shape index (κ2) is 8.91. The standard InChI is InChI=1S/C25H31NO3/c1-17(2)18(3)15-25(28)23(19(4)29-24(25)27)12-8-11-22-14-13-21(16-26-22)20-9-6-5-7-10-20/h5-11,13-14,16-19,23,28H,12,15H2,1-4H3/b11-8+/t18-,19+,23+,25-/m0/s1. The molecule has 0 saturated carbocycles. The number of cyclic esters (lactones) is 1. The molecule has 1 fully saturated rings. The second-order valence-corrected chi connectivity index (χ2v) is 8.54. The van der Waals surface area contributed by atoms with Crippen molar-refractivity contribution in [2.75, 3.05) is 0 Å². The average molecular weight is 394 g/mol. The number of carbonyl (C=O) groups is 1. The van der Waals surface area contributed by atoms with Crippen LogP contribution in [0, 0.1) is 17.8 Å². The van der Waals surface area contributed by atoms with E-state index in [0.717, 1.165) is 16.8 Å². The van der Waals surface area contributed by atoms with Gasteiger partial charge in [-0.15, -0.1) is 0 Å². The number of ether oxygens (including phenoxy) is 1. The van der Waals surface area contributed by atoms with Crippen molar-refractivity contribution in [2.45, 2.75) is 52.2 Å². The molecule has 2 heterocycles. The first kappa shape index (κ1) is 21.3. The van der Waals surface area contributed by atoms with Gasteiger partial charge >= 0.3 is 5.97 Å². The van der Waals surface area contributed by atoms with Gasteiger partial charge in [-0.05, 0) is 49.3 Å². The number of hydrogen-bond acceptors (Lipinski definition) is 4. The maximum Gasteiger partial charge on any atom is 0.338 e. The number of pyridine rings is 1. The zero-order valence-electron chi connectivity index (χ0n) is 17.7. The highest BCUT2D eigenvalue weighted by Crippen LogP contribution is 2.40. The summed E-state index contributed by atoms with van der Waals surface area (Å²) in [6, 6.07) is 14.2. The number of nitrogens with zero attached hydrogens (tertiary/aromatic N) is 1. The van der Waals surface area contributed by atoms with E-state index >= 15 is 0 Å². The van der Waals surface area contributed by atoms with Gasteiger partial charge in [-0.1, -0.05) is 63.2 Å². The van der Waals surface area contributed by atoms with Crippen LogP contribution in [0.1, 0.15) is 46.2 Å². The maximum atomic E-state index is 12.4. The van der Waals surface area contributed by atoms with Crippen LogP contribution < -0.4 is 0 Å². The molecule has 0 radical (unpaired) electrons. The average Bonchev–Trinajstić information content (AvgIpc) is 2.91. The van der Waals surface area contributed by atoms with Crippen molar-refractivity contribution in [2.24, 2.45) is 17.8 Å². The van der Waals surface area contributed by atoms with Crippen molar-refractivity contribution in [3.63, 3.8) is 0 Å². The molecule has 1 aromatic carbocycles. The molecular formula is C25H31NO3. The lowest BCUT2D eigenvalue weighted by Gasteiger charge is -2.30. The van der Waals surface area contributed by atoms with E-state index in [1.807, 2.05) is 55.6 Å². The summed E-state index contributed by atoms with van der Waals surface area (Å²) in [7, 11) is 0. The van der Waals surface area contributed by atoms with Crippen molar-refractivity contribution in [1.29, 1.82) is 0 Å². The Balaban J connectivity index is 1.68. The minimum atomic E-state index is -1.42. The summed E-state index contributed by atoms with van der Waals surface area (Å²) in [5.74, 6) is -0.111. The highest BCUT2D eigenvalue weighted by Gasteiger charge is 2.54. The van der Waals surface area contributed by atoms with E-state index in [0.29, 0.717) is 18.8 Å². The summed E-state index contributed by atoms with van der Waals surface area (Å²) in [6.45, 7) is 8.15. The predicted octanol–water partition coefficient (Wildman–Crippen LogP) is 5.13. The first-order chi connectivity index (χ1) is 13.8. The molecule has 4 nitrogen and oxygen atoms in total. The Hall–Kier alpha value is -2.46. The Morgan fingerprint density at radius 3 is 2.48 bits per heavy atom. The van der Waals surface area contributed by atoms with E-state index in [4.69, 9.17) is 4.74 Å². The summed E-state index contributed by atoms with van der Waals surface area (Å²) in [5.41, 5.74) is 1.64. The van der Waals surface area contributed by atoms with Crippen molar-refractivity contribution < 1.29 is 14.6 Å². The van der Waals surface area contributed by atoms with Gasteiger partial charge < -0.3 is 9.84 Å². The van der Waals surface area contributed by atoms with Crippen LogP contribution in [0.4, 0.5) is 0 Å². The highest BCUT2D eigenvalue weighted by molar-refractivity contribution is 5.82. The zero-order chi connectivity index (χ0) is 21.0. The molecule has 1 N–H and O–H groups in total. The van der Waals surface area contributed by atoms with E-state index < -0.39 is 11.6 Å². The molecule has 1 saturated heterocycles. The van der Waals surface area contributed by atoms with Gasteiger partial charge in [0, 0.05) is 17.7 Å². The Morgan fingerprint density at radius 1 is 1.14 bits per heavy atom. The molecule has 0 bridgehead atoms. The first-order valence-corrected chi connectivity index (χ1v) is 10.4. The van der Waals surface area contributed by atoms with Crippen LogP contribution in [0.15, 0.2) is 54.7 Å². The van der Waals surface area contributed by atoms with Crippen LogP contribution in [-0.2, 0) is 9.53 Å². The van der Waals surface area contributed by atoms with E-state index in [1.165, 1.54) is 0 Å². The lowest BCUT2D eigenvalue weighted by Crippen LogP contribution is -2.43. The molecule has 4 heteroatoms. The zero-order valence-corrected chi connectivity index (χ0v) is 17.7. The second-order valence-electron chi connectivity index (χ2n) is 8.54. The van der Waals surface area contributed by atoms with Gasteiger partial charge in [0.05, 0.1) is 5.69 Å². The van der Waals surface area contributed by atoms with Gasteiger partial charge in [0.15, 0.2) is 5.60 Å². The van der Waals surface area contributed by atoms with Crippen LogP contribution in [0.3, 0.4) is 0 Å². The number of rotatable bonds is 7. The van der Waals surface area contributed by atoms with Crippen LogP contribution in [0.5, 0.6) is 0 Å². The minimum Gasteiger partial charge on any atom is -0.460 e. The third-order valence-corrected chi connectivity index (χ3v) is 6.17. The van der Waals surface area contributed by atoms with Gasteiger partial charge in [-0.3, -0.25) is 4.98 Å². The van der Waals surface area contributed by atoms with E-state index in [1.54, 1.807) is 0 Å². The Labute approximate surface area is 173 Å². The molecule has 29 heavy (non-hydrogen) atoms. The quantitative estimate of drug-likeness (QED) is 0.663. The fourth-order valence-electron chi connectivity index (χ4n) is 3.88. The summed E-state index contributed by atoms with van der Waals surface area (Å²) in [4.78, 5) is 16.9. The van der Waals surface area contributed by atoms with Gasteiger partial charge in [-0.25, -0.2) is 4.79 Å². The SMILES string of the molecule is CC(C)[C@@H](C)C[C@@]1(O)C(=O)O[C@H](C)[C@H]1C/C=C/c1ccc(-c2ccccc2)cn1. The molecule has 0 unspecified atom stereocenters. The van der Waals surface area contributed by atoms with Crippen molar-refractivity contribution in [3.8, 4) is 11.1 Å². The number of benzene rings is 1. The number of esters is 1. The fourth-order valence-corrected chi connectivity index (χ4v) is 3.88.